The first-order chi connectivity index (χ1) is 7.29. The zero-order chi connectivity index (χ0) is 12.3. The maximum absolute atomic E-state index is 6.27. The van der Waals surface area contributed by atoms with Gasteiger partial charge < -0.3 is 0 Å². The summed E-state index contributed by atoms with van der Waals surface area (Å²) in [4.78, 5) is 4.55. The Morgan fingerprint density at radius 2 is 1.94 bits per heavy atom. The molecule has 0 aromatic carbocycles. The topological polar surface area (TPSA) is 25.8 Å². The van der Waals surface area contributed by atoms with Gasteiger partial charge in [0.05, 0.1) is 0 Å². The molecule has 16 heavy (non-hydrogen) atoms. The Balaban J connectivity index is 2.59. The summed E-state index contributed by atoms with van der Waals surface area (Å²) in [6.07, 6.45) is 1.87. The Bertz CT molecular complexity index is 328. The van der Waals surface area contributed by atoms with Gasteiger partial charge in [-0.3, -0.25) is 0 Å². The zero-order valence-corrected chi connectivity index (χ0v) is 12.3. The van der Waals surface area contributed by atoms with Gasteiger partial charge in [0.2, 0.25) is 0 Å². The van der Waals surface area contributed by atoms with Crippen molar-refractivity contribution in [3.05, 3.63) is 10.8 Å². The third-order valence-corrected chi connectivity index (χ3v) is 3.33. The van der Waals surface area contributed by atoms with Crippen molar-refractivity contribution in [3.8, 4) is 0 Å². The van der Waals surface area contributed by atoms with Gasteiger partial charge in [0.25, 0.3) is 0 Å². The highest BCUT2D eigenvalue weighted by Gasteiger charge is 2.20. The van der Waals surface area contributed by atoms with Crippen molar-refractivity contribution in [2.24, 2.45) is 5.92 Å². The van der Waals surface area contributed by atoms with Crippen molar-refractivity contribution in [2.75, 3.05) is 0 Å². The first-order valence-electron chi connectivity index (χ1n) is 5.76. The first-order valence-corrected chi connectivity index (χ1v) is 6.97. The molecule has 0 spiro atoms. The van der Waals surface area contributed by atoms with Crippen molar-refractivity contribution >= 4 is 23.1 Å². The third-order valence-electron chi connectivity index (χ3n) is 2.26. The van der Waals surface area contributed by atoms with Crippen molar-refractivity contribution in [1.82, 2.24) is 9.36 Å². The molecule has 0 saturated heterocycles. The normalized spacial score (nSPS) is 14.4. The quantitative estimate of drug-likeness (QED) is 0.764. The number of alkyl halides is 1. The van der Waals surface area contributed by atoms with Gasteiger partial charge in [-0.1, -0.05) is 34.6 Å². The Morgan fingerprint density at radius 3 is 2.38 bits per heavy atom. The van der Waals surface area contributed by atoms with E-state index in [1.807, 2.05) is 0 Å². The molecule has 92 valence electrons. The molecule has 1 rings (SSSR count). The highest BCUT2D eigenvalue weighted by Crippen LogP contribution is 2.23. The minimum absolute atomic E-state index is 0.0363. The predicted molar refractivity (Wildman–Crippen MR) is 71.4 cm³/mol. The fraction of sp³-hybridized carbons (Fsp3) is 0.833. The van der Waals surface area contributed by atoms with Gasteiger partial charge in [-0.05, 0) is 23.9 Å². The average Bonchev–Trinajstić information content (AvgIpc) is 2.49. The van der Waals surface area contributed by atoms with E-state index in [9.17, 15) is 0 Å². The maximum Gasteiger partial charge on any atom is 0.147 e. The Hall–Kier alpha value is -0.150. The highest BCUT2D eigenvalue weighted by molar-refractivity contribution is 7.05. The van der Waals surface area contributed by atoms with Crippen LogP contribution in [0.15, 0.2) is 0 Å². The van der Waals surface area contributed by atoms with E-state index in [1.54, 1.807) is 0 Å². The van der Waals surface area contributed by atoms with E-state index in [0.717, 1.165) is 23.7 Å². The summed E-state index contributed by atoms with van der Waals surface area (Å²) in [5, 5.41) is 1.24. The van der Waals surface area contributed by atoms with E-state index >= 15 is 0 Å². The van der Waals surface area contributed by atoms with Crippen molar-refractivity contribution in [3.63, 3.8) is 0 Å². The number of hydrogen-bond acceptors (Lipinski definition) is 3. The Labute approximate surface area is 108 Å². The second-order valence-electron chi connectivity index (χ2n) is 5.69. The molecule has 0 N–H and O–H groups in total. The monoisotopic (exact) mass is 260 g/mol. The molecule has 1 heterocycles. The van der Waals surface area contributed by atoms with Gasteiger partial charge in [0, 0.05) is 17.2 Å². The van der Waals surface area contributed by atoms with E-state index < -0.39 is 0 Å². The van der Waals surface area contributed by atoms with E-state index in [0.29, 0.717) is 5.92 Å². The zero-order valence-electron chi connectivity index (χ0n) is 10.7. The second-order valence-corrected chi connectivity index (χ2v) is 7.15. The lowest BCUT2D eigenvalue weighted by Gasteiger charge is -2.12. The summed E-state index contributed by atoms with van der Waals surface area (Å²) in [5.74, 6) is 1.57. The molecule has 0 saturated carbocycles. The number of hydrogen-bond donors (Lipinski definition) is 0. The van der Waals surface area contributed by atoms with Crippen LogP contribution in [0.1, 0.15) is 51.9 Å². The lowest BCUT2D eigenvalue weighted by molar-refractivity contribution is 0.545. The molecule has 0 bridgehead atoms. The standard InChI is InChI=1S/C12H21ClN2S/c1-8(2)6-9(13)7-10-14-11(15-16-10)12(3,4)5/h8-9H,6-7H2,1-5H3. The summed E-state index contributed by atoms with van der Waals surface area (Å²) in [6.45, 7) is 10.8. The molecule has 1 atom stereocenters. The van der Waals surface area contributed by atoms with Crippen LogP contribution in [0, 0.1) is 5.92 Å². The minimum atomic E-state index is 0.0363. The molecule has 4 heteroatoms. The van der Waals surface area contributed by atoms with E-state index in [1.165, 1.54) is 11.5 Å². The smallest absolute Gasteiger partial charge is 0.147 e. The molecule has 0 aliphatic rings. The van der Waals surface area contributed by atoms with Crippen LogP contribution in [0.25, 0.3) is 0 Å². The van der Waals surface area contributed by atoms with E-state index in [4.69, 9.17) is 11.6 Å². The van der Waals surface area contributed by atoms with Crippen LogP contribution in [0.4, 0.5) is 0 Å². The largest absolute Gasteiger partial charge is 0.224 e. The summed E-state index contributed by atoms with van der Waals surface area (Å²) in [6, 6.07) is 0. The lowest BCUT2D eigenvalue weighted by Crippen LogP contribution is -2.13. The Morgan fingerprint density at radius 1 is 1.31 bits per heavy atom. The van der Waals surface area contributed by atoms with Crippen molar-refractivity contribution in [2.45, 2.75) is 58.3 Å². The molecular weight excluding hydrogens is 240 g/mol. The number of aromatic nitrogens is 2. The maximum atomic E-state index is 6.27. The first kappa shape index (κ1) is 13.9. The number of nitrogens with zero attached hydrogens (tertiary/aromatic N) is 2. The molecule has 1 aromatic rings. The molecule has 0 aliphatic heterocycles. The highest BCUT2D eigenvalue weighted by atomic mass is 35.5. The van der Waals surface area contributed by atoms with Gasteiger partial charge in [-0.25, -0.2) is 4.98 Å². The molecule has 0 radical (unpaired) electrons. The van der Waals surface area contributed by atoms with E-state index in [2.05, 4.69) is 44.0 Å². The fourth-order valence-corrected chi connectivity index (χ4v) is 2.93. The van der Waals surface area contributed by atoms with Crippen molar-refractivity contribution < 1.29 is 0 Å². The SMILES string of the molecule is CC(C)CC(Cl)Cc1nc(C(C)(C)C)ns1. The minimum Gasteiger partial charge on any atom is -0.224 e. The van der Waals surface area contributed by atoms with Crippen LogP contribution < -0.4 is 0 Å². The number of rotatable bonds is 4. The van der Waals surface area contributed by atoms with Crippen LogP contribution in [0.5, 0.6) is 0 Å². The Kier molecular flexibility index (Phi) is 4.74. The summed E-state index contributed by atoms with van der Waals surface area (Å²) in [7, 11) is 0. The molecule has 0 aliphatic carbocycles. The molecule has 2 nitrogen and oxygen atoms in total. The second kappa shape index (κ2) is 5.46. The van der Waals surface area contributed by atoms with Gasteiger partial charge in [-0.15, -0.1) is 11.6 Å². The van der Waals surface area contributed by atoms with Crippen LogP contribution in [0.2, 0.25) is 0 Å². The van der Waals surface area contributed by atoms with Gasteiger partial charge >= 0.3 is 0 Å². The molecule has 0 fully saturated rings. The molecule has 1 aromatic heterocycles. The molecule has 1 unspecified atom stereocenters. The van der Waals surface area contributed by atoms with Crippen LogP contribution in [0.3, 0.4) is 0 Å². The molecule has 0 amide bonds. The summed E-state index contributed by atoms with van der Waals surface area (Å²) < 4.78 is 4.39. The number of halogens is 1. The van der Waals surface area contributed by atoms with Crippen LogP contribution >= 0.6 is 23.1 Å². The van der Waals surface area contributed by atoms with Gasteiger partial charge in [0.15, 0.2) is 0 Å². The molecular formula is C12H21ClN2S. The summed E-state index contributed by atoms with van der Waals surface area (Å²) in [5.41, 5.74) is 0.0363. The fourth-order valence-electron chi connectivity index (χ4n) is 1.43. The van der Waals surface area contributed by atoms with E-state index in [-0.39, 0.29) is 10.8 Å². The van der Waals surface area contributed by atoms with Crippen LogP contribution in [-0.2, 0) is 11.8 Å². The van der Waals surface area contributed by atoms with Gasteiger partial charge in [0.1, 0.15) is 10.8 Å². The third kappa shape index (κ3) is 4.38. The van der Waals surface area contributed by atoms with Crippen LogP contribution in [-0.4, -0.2) is 14.7 Å². The predicted octanol–water partition coefficient (Wildman–Crippen LogP) is 4.03. The summed E-state index contributed by atoms with van der Waals surface area (Å²) >= 11 is 7.76. The van der Waals surface area contributed by atoms with Gasteiger partial charge in [-0.2, -0.15) is 4.37 Å². The van der Waals surface area contributed by atoms with Crippen molar-refractivity contribution in [1.29, 1.82) is 0 Å². The lowest BCUT2D eigenvalue weighted by atomic mass is 9.96. The average molecular weight is 261 g/mol.